The minimum atomic E-state index is -1.90. The Morgan fingerprint density at radius 3 is 1.67 bits per heavy atom. The molecule has 3 fully saturated rings. The van der Waals surface area contributed by atoms with E-state index in [-0.39, 0.29) is 108 Å². The van der Waals surface area contributed by atoms with Gasteiger partial charge in [0.1, 0.15) is 90.1 Å². The molecule has 1 aromatic heterocycles. The second-order valence-corrected chi connectivity index (χ2v) is 34.5. The Kier molecular flexibility index (Phi) is 38.1. The number of hydrogen-bond acceptors (Lipinski definition) is 20. The van der Waals surface area contributed by atoms with E-state index in [0.29, 0.717) is 46.0 Å². The summed E-state index contributed by atoms with van der Waals surface area (Å²) < 4.78 is 14.6. The zero-order valence-corrected chi connectivity index (χ0v) is 74.2. The Morgan fingerprint density at radius 1 is 0.531 bits per heavy atom. The van der Waals surface area contributed by atoms with Gasteiger partial charge in [0.25, 0.3) is 0 Å². The van der Waals surface area contributed by atoms with Gasteiger partial charge in [-0.2, -0.15) is 0 Å². The van der Waals surface area contributed by atoms with Gasteiger partial charge < -0.3 is 105 Å². The SMILES string of the molecule is CCCC[C@H]1C(=O)N2CCC[C@@H]2C(=O)N[C@@H](CC(=O)O)C(=O)N[C@@H](C(C)C)C(=O)N(C)[C@@H](CC(C)C)C(=O)N[C@@H](CCC(N)=O)C(=O)N2CCC[C@@H]2C(=O)N[C@@H](Cc2c[nH]c3ccccc23)C(=O)N[C@@H](Cc2ccc(O)cc2)C(=O)N[C@@H](CCCN)C(=O)N[C@H](C(=O)NCC(N)=O)CSCC(=O)N[C@@H](Cc2ccc(F)cc2)C(=O)N(C)[C@@H](Cc2ccccc2)C(=O)N1C. The number of para-hydroxylation sites is 1. The van der Waals surface area contributed by atoms with E-state index in [1.807, 2.05) is 6.92 Å². The van der Waals surface area contributed by atoms with Crippen molar-refractivity contribution in [3.63, 3.8) is 0 Å². The molecule has 37 nitrogen and oxygen atoms in total. The van der Waals surface area contributed by atoms with Gasteiger partial charge in [-0.3, -0.25) is 81.5 Å². The third kappa shape index (κ3) is 28.7. The van der Waals surface area contributed by atoms with Crippen LogP contribution in [0.4, 0.5) is 4.39 Å². The van der Waals surface area contributed by atoms with Crippen LogP contribution in [0.3, 0.4) is 0 Å². The summed E-state index contributed by atoms with van der Waals surface area (Å²) in [5.74, 6) is -19.1. The Balaban J connectivity index is 1.21. The number of nitrogens with zero attached hydrogens (tertiary/aromatic N) is 5. The quantitative estimate of drug-likeness (QED) is 0.0375. The molecule has 3 aliphatic heterocycles. The van der Waals surface area contributed by atoms with E-state index in [0.717, 1.165) is 33.7 Å². The van der Waals surface area contributed by atoms with Crippen molar-refractivity contribution in [2.45, 2.75) is 222 Å². The first-order valence-electron chi connectivity index (χ1n) is 43.2. The molecule has 128 heavy (non-hydrogen) atoms. The molecule has 0 saturated carbocycles. The number of aromatic nitrogens is 1. The normalized spacial score (nSPS) is 24.0. The number of carbonyl (C=O) groups is 17. The van der Waals surface area contributed by atoms with Gasteiger partial charge in [0, 0.05) is 89.2 Å². The molecule has 18 N–H and O–H groups in total. The highest BCUT2D eigenvalue weighted by Gasteiger charge is 2.46. The number of nitrogens with two attached hydrogens (primary N) is 3. The summed E-state index contributed by atoms with van der Waals surface area (Å²) in [7, 11) is 3.97. The second-order valence-electron chi connectivity index (χ2n) is 33.5. The van der Waals surface area contributed by atoms with Crippen LogP contribution >= 0.6 is 11.8 Å². The number of benzene rings is 4. The van der Waals surface area contributed by atoms with Crippen LogP contribution in [0, 0.1) is 17.7 Å². The van der Waals surface area contributed by atoms with E-state index >= 15 is 43.2 Å². The molecule has 4 heterocycles. The molecular weight excluding hydrogens is 1680 g/mol. The lowest BCUT2D eigenvalue weighted by atomic mass is 9.97. The van der Waals surface area contributed by atoms with Crippen LogP contribution in [0.1, 0.15) is 140 Å². The van der Waals surface area contributed by atoms with Crippen molar-refractivity contribution < 1.29 is 96.1 Å². The lowest BCUT2D eigenvalue weighted by Crippen LogP contribution is -2.62. The monoisotopic (exact) mass is 1800 g/mol. The van der Waals surface area contributed by atoms with Gasteiger partial charge in [-0.05, 0) is 129 Å². The number of phenols is 1. The Bertz CT molecular complexity index is 4770. The van der Waals surface area contributed by atoms with Crippen molar-refractivity contribution in [3.8, 4) is 5.75 Å². The van der Waals surface area contributed by atoms with Crippen LogP contribution in [0.2, 0.25) is 0 Å². The molecule has 3 aliphatic rings. The average Bonchev–Trinajstić information content (AvgIpc) is 1.57. The molecule has 694 valence electrons. The van der Waals surface area contributed by atoms with Crippen molar-refractivity contribution >= 4 is 123 Å². The van der Waals surface area contributed by atoms with E-state index in [1.165, 1.54) is 72.2 Å². The summed E-state index contributed by atoms with van der Waals surface area (Å²) >= 11 is 0.772. The smallest absolute Gasteiger partial charge is 0.305 e. The fourth-order valence-corrected chi connectivity index (χ4v) is 16.8. The maximum absolute atomic E-state index is 15.7. The third-order valence-electron chi connectivity index (χ3n) is 23.0. The number of amides is 16. The number of carboxylic acids is 1. The summed E-state index contributed by atoms with van der Waals surface area (Å²) in [6.07, 6.45) is -0.258. The minimum Gasteiger partial charge on any atom is -0.508 e. The number of nitrogens with one attached hydrogen (secondary N) is 10. The topological polar surface area (TPSA) is 549 Å². The Morgan fingerprint density at radius 2 is 1.07 bits per heavy atom. The third-order valence-corrected chi connectivity index (χ3v) is 24.0. The van der Waals surface area contributed by atoms with Gasteiger partial charge in [0.05, 0.1) is 18.7 Å². The summed E-state index contributed by atoms with van der Waals surface area (Å²) in [6, 6.07) is 6.29. The number of aromatic hydroxyl groups is 1. The first-order valence-corrected chi connectivity index (χ1v) is 44.3. The van der Waals surface area contributed by atoms with Crippen LogP contribution in [0.15, 0.2) is 109 Å². The molecule has 13 atom stereocenters. The number of H-pyrrole nitrogens is 1. The first kappa shape index (κ1) is 101. The van der Waals surface area contributed by atoms with Crippen LogP contribution in [0.5, 0.6) is 5.75 Å². The molecule has 4 aromatic carbocycles. The van der Waals surface area contributed by atoms with Crippen LogP contribution < -0.4 is 65.1 Å². The maximum Gasteiger partial charge on any atom is 0.305 e. The predicted molar refractivity (Wildman–Crippen MR) is 471 cm³/mol. The summed E-state index contributed by atoms with van der Waals surface area (Å²) in [4.78, 5) is 257. The van der Waals surface area contributed by atoms with Crippen molar-refractivity contribution in [2.75, 3.05) is 58.8 Å². The molecule has 39 heteroatoms. The number of aliphatic carboxylic acids is 1. The molecule has 3 saturated heterocycles. The van der Waals surface area contributed by atoms with Crippen LogP contribution in [0.25, 0.3) is 10.9 Å². The molecule has 16 amide bonds. The number of halogens is 1. The van der Waals surface area contributed by atoms with Crippen molar-refractivity contribution in [2.24, 2.45) is 29.0 Å². The number of thioether (sulfide) groups is 1. The van der Waals surface area contributed by atoms with Gasteiger partial charge in [-0.1, -0.05) is 120 Å². The van der Waals surface area contributed by atoms with Crippen molar-refractivity contribution in [1.82, 2.24) is 77.3 Å². The molecule has 0 aliphatic carbocycles. The van der Waals surface area contributed by atoms with Gasteiger partial charge >= 0.3 is 5.97 Å². The lowest BCUT2D eigenvalue weighted by molar-refractivity contribution is -0.152. The van der Waals surface area contributed by atoms with Crippen LogP contribution in [-0.2, 0) is 107 Å². The molecule has 0 radical (unpaired) electrons. The first-order chi connectivity index (χ1) is 60.9. The number of hydrogen-bond donors (Lipinski definition) is 15. The van der Waals surface area contributed by atoms with Crippen LogP contribution in [-0.4, -0.2) is 278 Å². The van der Waals surface area contributed by atoms with E-state index < -0.39 is 228 Å². The predicted octanol–water partition coefficient (Wildman–Crippen LogP) is 0.344. The molecule has 0 unspecified atom stereocenters. The number of unbranched alkanes of at least 4 members (excludes halogenated alkanes) is 1. The number of rotatable bonds is 25. The van der Waals surface area contributed by atoms with E-state index in [1.54, 1.807) is 88.5 Å². The maximum atomic E-state index is 15.7. The zero-order chi connectivity index (χ0) is 93.8. The molecule has 8 rings (SSSR count). The largest absolute Gasteiger partial charge is 0.508 e. The fourth-order valence-electron chi connectivity index (χ4n) is 15.9. The Hall–Kier alpha value is -12.6. The second kappa shape index (κ2) is 48.4. The summed E-state index contributed by atoms with van der Waals surface area (Å²) in [5.41, 5.74) is 19.6. The molecule has 5 aromatic rings. The van der Waals surface area contributed by atoms with Gasteiger partial charge in [-0.25, -0.2) is 4.39 Å². The minimum absolute atomic E-state index is 0.00177. The van der Waals surface area contributed by atoms with Gasteiger partial charge in [-0.15, -0.1) is 11.8 Å². The Labute approximate surface area is 746 Å². The van der Waals surface area contributed by atoms with Gasteiger partial charge in [0.2, 0.25) is 94.5 Å². The number of primary amides is 2. The molecular formula is C89H121FN18O19S. The number of aromatic amines is 1. The zero-order valence-electron chi connectivity index (χ0n) is 73.4. The summed E-state index contributed by atoms with van der Waals surface area (Å²) in [5, 5.41) is 45.1. The fraction of sp³-hybridized carbons (Fsp3) is 0.517. The molecule has 0 bridgehead atoms. The molecule has 0 spiro atoms. The van der Waals surface area contributed by atoms with Gasteiger partial charge in [0.15, 0.2) is 0 Å². The standard InChI is InChI=1S/C89H121FN18O19S/c1-9-10-24-69-88(126)108-39-18-26-68(108)83(121)101-64(45-75(113)114)81(119)103-76(51(4)5)89(127)105(7)70(40-50(2)3)84(122)98-61(35-36-72(92)110)86(124)107-38-17-25-67(107)82(120)100-63(44-55-46-94-59-22-15-14-21-58(55)59)80(118)99-62(41-54-29-33-57(109)34-30-54)79(117)97-60(23-16-37-91)78(116)102-66(77(115)95-47-73(93)111)48-128-49-74(112)96-65(42-53-27-31-56(90)32-28-53)85(123)106(8)71(87(125)104(69)6)43-52-19-12-11-13-20-52/h11-15,19-22,27-34,46,50-51,60-71,76,94,109H,9-10,16-18,23-26,35-45,47-49,91H2,1-8H3,(H2,92,110)(H2,93,111)(H,95,115)(H,96,112)(H,97,117)(H,98,122)(H,99,118)(H,100,120)(H,101,121)(H,102,116)(H,103,119)(H,113,114)/t60-,61-,62-,63-,64-,65-,66-,67+,68+,69-,70-,71-,76-/m0/s1. The van der Waals surface area contributed by atoms with E-state index in [4.69, 9.17) is 17.2 Å². The number of likely N-dealkylation sites (N-methyl/N-ethyl adjacent to an activating group) is 3. The van der Waals surface area contributed by atoms with E-state index in [9.17, 15) is 53.0 Å². The van der Waals surface area contributed by atoms with E-state index in [2.05, 4.69) is 52.8 Å². The highest BCUT2D eigenvalue weighted by molar-refractivity contribution is 8.00. The highest BCUT2D eigenvalue weighted by Crippen LogP contribution is 2.28. The highest BCUT2D eigenvalue weighted by atomic mass is 32.2. The number of fused-ring (bicyclic) bond motifs is 3. The summed E-state index contributed by atoms with van der Waals surface area (Å²) in [6.45, 7) is 7.56. The van der Waals surface area contributed by atoms with Crippen molar-refractivity contribution in [1.29, 1.82) is 0 Å². The van der Waals surface area contributed by atoms with Crippen molar-refractivity contribution in [3.05, 3.63) is 137 Å². The number of carboxylic acid groups (broad SMARTS) is 1. The lowest BCUT2D eigenvalue weighted by Gasteiger charge is -2.38. The number of carbonyl (C=O) groups excluding carboxylic acids is 16. The average molecular weight is 1800 g/mol. The number of phenolic OH excluding ortho intramolecular Hbond substituents is 1.